The topological polar surface area (TPSA) is 102 Å². The average Bonchev–Trinajstić information content (AvgIpc) is 2.89. The number of aromatic amines is 1. The van der Waals surface area contributed by atoms with Crippen molar-refractivity contribution in [2.75, 3.05) is 20.0 Å². The first-order valence-corrected chi connectivity index (χ1v) is 5.93. The number of nitrogens with zero attached hydrogens (tertiary/aromatic N) is 1. The van der Waals surface area contributed by atoms with E-state index in [0.717, 1.165) is 5.56 Å². The summed E-state index contributed by atoms with van der Waals surface area (Å²) in [4.78, 5) is 12.2. The minimum atomic E-state index is -0.277. The van der Waals surface area contributed by atoms with E-state index in [0.29, 0.717) is 22.9 Å². The van der Waals surface area contributed by atoms with E-state index in [1.54, 1.807) is 24.4 Å². The molecule has 0 aliphatic rings. The minimum absolute atomic E-state index is 0.277. The highest BCUT2D eigenvalue weighted by Crippen LogP contribution is 2.23. The van der Waals surface area contributed by atoms with Crippen LogP contribution in [0.3, 0.4) is 0 Å². The van der Waals surface area contributed by atoms with Crippen LogP contribution in [0.25, 0.3) is 0 Å². The van der Waals surface area contributed by atoms with Crippen LogP contribution in [0.2, 0.25) is 0 Å². The zero-order valence-corrected chi connectivity index (χ0v) is 11.3. The number of nitrogens with two attached hydrogens (primary N) is 1. The SMILES string of the molecule is COc1ccc(OC)c(C(=O)NCc2cn[nH]c2N)c1. The molecule has 1 heterocycles. The number of carbonyl (C=O) groups excluding carboxylic acids is 1. The number of hydrogen-bond donors (Lipinski definition) is 3. The summed E-state index contributed by atoms with van der Waals surface area (Å²) in [6.07, 6.45) is 1.57. The van der Waals surface area contributed by atoms with Crippen LogP contribution in [0.15, 0.2) is 24.4 Å². The highest BCUT2D eigenvalue weighted by atomic mass is 16.5. The molecule has 20 heavy (non-hydrogen) atoms. The predicted molar refractivity (Wildman–Crippen MR) is 73.7 cm³/mol. The quantitative estimate of drug-likeness (QED) is 0.754. The van der Waals surface area contributed by atoms with Gasteiger partial charge in [-0.15, -0.1) is 0 Å². The van der Waals surface area contributed by atoms with Gasteiger partial charge in [-0.3, -0.25) is 9.89 Å². The molecule has 1 amide bonds. The van der Waals surface area contributed by atoms with Gasteiger partial charge >= 0.3 is 0 Å². The van der Waals surface area contributed by atoms with Crippen molar-refractivity contribution in [3.8, 4) is 11.5 Å². The lowest BCUT2D eigenvalue weighted by Crippen LogP contribution is -2.23. The number of carbonyl (C=O) groups is 1. The summed E-state index contributed by atoms with van der Waals surface area (Å²) in [6, 6.07) is 5.02. The van der Waals surface area contributed by atoms with Crippen LogP contribution in [0, 0.1) is 0 Å². The fraction of sp³-hybridized carbons (Fsp3) is 0.231. The zero-order valence-electron chi connectivity index (χ0n) is 11.3. The molecule has 0 radical (unpaired) electrons. The van der Waals surface area contributed by atoms with Gasteiger partial charge in [0.25, 0.3) is 5.91 Å². The summed E-state index contributed by atoms with van der Waals surface area (Å²) in [6.45, 7) is 0.279. The van der Waals surface area contributed by atoms with Gasteiger partial charge in [-0.05, 0) is 18.2 Å². The molecule has 0 aliphatic carbocycles. The van der Waals surface area contributed by atoms with Gasteiger partial charge < -0.3 is 20.5 Å². The molecule has 0 saturated carbocycles. The maximum atomic E-state index is 12.2. The smallest absolute Gasteiger partial charge is 0.255 e. The van der Waals surface area contributed by atoms with Crippen LogP contribution in [-0.2, 0) is 6.54 Å². The Morgan fingerprint density at radius 1 is 1.40 bits per heavy atom. The van der Waals surface area contributed by atoms with E-state index in [1.165, 1.54) is 14.2 Å². The van der Waals surface area contributed by atoms with Crippen LogP contribution in [0.5, 0.6) is 11.5 Å². The summed E-state index contributed by atoms with van der Waals surface area (Å²) in [7, 11) is 3.04. The van der Waals surface area contributed by atoms with E-state index < -0.39 is 0 Å². The number of methoxy groups -OCH3 is 2. The first-order chi connectivity index (χ1) is 9.65. The normalized spacial score (nSPS) is 10.1. The number of rotatable bonds is 5. The number of ether oxygens (including phenoxy) is 2. The Bertz CT molecular complexity index is 609. The number of amides is 1. The third-order valence-corrected chi connectivity index (χ3v) is 2.84. The number of H-pyrrole nitrogens is 1. The van der Waals surface area contributed by atoms with Gasteiger partial charge in [-0.2, -0.15) is 5.10 Å². The Hall–Kier alpha value is -2.70. The third kappa shape index (κ3) is 2.82. The highest BCUT2D eigenvalue weighted by Gasteiger charge is 2.14. The van der Waals surface area contributed by atoms with E-state index in [4.69, 9.17) is 15.2 Å². The van der Waals surface area contributed by atoms with Crippen molar-refractivity contribution < 1.29 is 14.3 Å². The molecule has 2 rings (SSSR count). The molecule has 0 unspecified atom stereocenters. The average molecular weight is 276 g/mol. The molecule has 0 spiro atoms. The Labute approximate surface area is 116 Å². The molecule has 1 aromatic heterocycles. The van der Waals surface area contributed by atoms with E-state index in [2.05, 4.69) is 15.5 Å². The molecule has 0 atom stereocenters. The lowest BCUT2D eigenvalue weighted by atomic mass is 10.1. The van der Waals surface area contributed by atoms with Gasteiger partial charge in [0.15, 0.2) is 0 Å². The van der Waals surface area contributed by atoms with Crippen molar-refractivity contribution >= 4 is 11.7 Å². The Kier molecular flexibility index (Phi) is 4.09. The first-order valence-electron chi connectivity index (χ1n) is 5.93. The van der Waals surface area contributed by atoms with E-state index in [-0.39, 0.29) is 12.5 Å². The number of anilines is 1. The first kappa shape index (κ1) is 13.7. The van der Waals surface area contributed by atoms with Gasteiger partial charge in [-0.1, -0.05) is 0 Å². The summed E-state index contributed by atoms with van der Waals surface area (Å²) in [5.41, 5.74) is 6.77. The molecule has 7 heteroatoms. The van der Waals surface area contributed by atoms with E-state index >= 15 is 0 Å². The molecule has 0 bridgehead atoms. The molecule has 4 N–H and O–H groups in total. The van der Waals surface area contributed by atoms with Gasteiger partial charge in [0, 0.05) is 12.1 Å². The van der Waals surface area contributed by atoms with Gasteiger partial charge in [0.2, 0.25) is 0 Å². The largest absolute Gasteiger partial charge is 0.497 e. The highest BCUT2D eigenvalue weighted by molar-refractivity contribution is 5.97. The molecule has 7 nitrogen and oxygen atoms in total. The number of nitrogens with one attached hydrogen (secondary N) is 2. The molecule has 2 aromatic rings. The molecular weight excluding hydrogens is 260 g/mol. The fourth-order valence-electron chi connectivity index (χ4n) is 1.72. The fourth-order valence-corrected chi connectivity index (χ4v) is 1.72. The zero-order chi connectivity index (χ0) is 14.5. The summed E-state index contributed by atoms with van der Waals surface area (Å²) in [5.74, 6) is 1.21. The maximum Gasteiger partial charge on any atom is 0.255 e. The van der Waals surface area contributed by atoms with Gasteiger partial charge in [0.1, 0.15) is 17.3 Å². The Morgan fingerprint density at radius 3 is 2.80 bits per heavy atom. The maximum absolute atomic E-state index is 12.2. The minimum Gasteiger partial charge on any atom is -0.497 e. The van der Waals surface area contributed by atoms with Crippen molar-refractivity contribution in [3.05, 3.63) is 35.5 Å². The van der Waals surface area contributed by atoms with Crippen molar-refractivity contribution in [1.29, 1.82) is 0 Å². The predicted octanol–water partition coefficient (Wildman–Crippen LogP) is 0.939. The number of nitrogen functional groups attached to an aromatic ring is 1. The number of aromatic nitrogens is 2. The lowest BCUT2D eigenvalue weighted by molar-refractivity contribution is 0.0947. The second-order valence-corrected chi connectivity index (χ2v) is 4.06. The standard InChI is InChI=1S/C13H16N4O3/c1-19-9-3-4-11(20-2)10(5-9)13(18)15-6-8-7-16-17-12(8)14/h3-5,7H,6H2,1-2H3,(H,15,18)(H3,14,16,17). The van der Waals surface area contributed by atoms with Crippen molar-refractivity contribution in [3.63, 3.8) is 0 Å². The summed E-state index contributed by atoms with van der Waals surface area (Å²) in [5, 5.41) is 9.15. The van der Waals surface area contributed by atoms with Crippen LogP contribution in [0.1, 0.15) is 15.9 Å². The number of benzene rings is 1. The van der Waals surface area contributed by atoms with Crippen molar-refractivity contribution in [2.24, 2.45) is 0 Å². The van der Waals surface area contributed by atoms with Crippen LogP contribution < -0.4 is 20.5 Å². The Balaban J connectivity index is 2.14. The monoisotopic (exact) mass is 276 g/mol. The van der Waals surface area contributed by atoms with E-state index in [1.807, 2.05) is 0 Å². The molecule has 1 aromatic carbocycles. The second kappa shape index (κ2) is 5.96. The Morgan fingerprint density at radius 2 is 2.20 bits per heavy atom. The van der Waals surface area contributed by atoms with Crippen molar-refractivity contribution in [2.45, 2.75) is 6.54 Å². The molecule has 106 valence electrons. The lowest BCUT2D eigenvalue weighted by Gasteiger charge is -2.10. The number of hydrogen-bond acceptors (Lipinski definition) is 5. The van der Waals surface area contributed by atoms with Crippen LogP contribution >= 0.6 is 0 Å². The van der Waals surface area contributed by atoms with E-state index in [9.17, 15) is 4.79 Å². The van der Waals surface area contributed by atoms with Gasteiger partial charge in [0.05, 0.1) is 26.0 Å². The summed E-state index contributed by atoms with van der Waals surface area (Å²) >= 11 is 0. The molecule has 0 fully saturated rings. The molecular formula is C13H16N4O3. The summed E-state index contributed by atoms with van der Waals surface area (Å²) < 4.78 is 10.3. The van der Waals surface area contributed by atoms with Gasteiger partial charge in [-0.25, -0.2) is 0 Å². The van der Waals surface area contributed by atoms with Crippen LogP contribution in [0.4, 0.5) is 5.82 Å². The van der Waals surface area contributed by atoms with Crippen molar-refractivity contribution in [1.82, 2.24) is 15.5 Å². The second-order valence-electron chi connectivity index (χ2n) is 4.06. The molecule has 0 aliphatic heterocycles. The molecule has 0 saturated heterocycles. The third-order valence-electron chi connectivity index (χ3n) is 2.84. The van der Waals surface area contributed by atoms with Crippen LogP contribution in [-0.4, -0.2) is 30.3 Å².